The Morgan fingerprint density at radius 2 is 2.16 bits per heavy atom. The van der Waals surface area contributed by atoms with Crippen LogP contribution < -0.4 is 5.32 Å². The lowest BCUT2D eigenvalue weighted by atomic mass is 10.2. The van der Waals surface area contributed by atoms with Crippen LogP contribution in [0, 0.1) is 0 Å². The molecule has 0 fully saturated rings. The summed E-state index contributed by atoms with van der Waals surface area (Å²) in [5.74, 6) is -0.158. The number of nitrogens with one attached hydrogen (secondary N) is 1. The van der Waals surface area contributed by atoms with Gasteiger partial charge in [-0.3, -0.25) is 9.78 Å². The van der Waals surface area contributed by atoms with E-state index in [-0.39, 0.29) is 5.91 Å². The molecule has 1 aromatic carbocycles. The van der Waals surface area contributed by atoms with Gasteiger partial charge in [0.2, 0.25) is 5.91 Å². The Bertz CT molecular complexity index is 881. The molecule has 128 valence electrons. The predicted octanol–water partition coefficient (Wildman–Crippen LogP) is 3.25. The van der Waals surface area contributed by atoms with Gasteiger partial charge in [-0.05, 0) is 55.4 Å². The van der Waals surface area contributed by atoms with E-state index in [4.69, 9.17) is 0 Å². The quantitative estimate of drug-likeness (QED) is 0.704. The first kappa shape index (κ1) is 16.9. The lowest BCUT2D eigenvalue weighted by Crippen LogP contribution is -2.17. The molecule has 3 aromatic rings. The fraction of sp³-hybridized carbons (Fsp3) is 0.200. The summed E-state index contributed by atoms with van der Waals surface area (Å²) in [6.07, 6.45) is 8.78. The van der Waals surface area contributed by atoms with E-state index in [1.165, 1.54) is 11.5 Å². The van der Waals surface area contributed by atoms with Crippen molar-refractivity contribution in [3.8, 4) is 0 Å². The van der Waals surface area contributed by atoms with Crippen molar-refractivity contribution < 1.29 is 4.79 Å². The van der Waals surface area contributed by atoms with Crippen molar-refractivity contribution in [1.82, 2.24) is 14.5 Å². The Morgan fingerprint density at radius 1 is 1.28 bits per heavy atom. The first-order valence-corrected chi connectivity index (χ1v) is 8.24. The van der Waals surface area contributed by atoms with E-state index in [0.29, 0.717) is 0 Å². The van der Waals surface area contributed by atoms with E-state index in [2.05, 4.69) is 46.1 Å². The second kappa shape index (κ2) is 7.77. The molecule has 0 atom stereocenters. The first-order valence-electron chi connectivity index (χ1n) is 8.24. The molecule has 0 radical (unpaired) electrons. The average molecular weight is 334 g/mol. The van der Waals surface area contributed by atoms with Crippen LogP contribution in [-0.2, 0) is 11.3 Å². The highest BCUT2D eigenvalue weighted by Crippen LogP contribution is 2.20. The van der Waals surface area contributed by atoms with Gasteiger partial charge in [0.05, 0.1) is 5.52 Å². The molecule has 2 aromatic heterocycles. The van der Waals surface area contributed by atoms with Crippen LogP contribution in [0.5, 0.6) is 0 Å². The van der Waals surface area contributed by atoms with Crippen molar-refractivity contribution in [2.24, 2.45) is 0 Å². The number of aromatic nitrogens is 2. The number of carbonyl (C=O) groups is 1. The number of pyridine rings is 1. The van der Waals surface area contributed by atoms with Crippen LogP contribution in [0.4, 0.5) is 5.69 Å². The molecule has 0 bridgehead atoms. The van der Waals surface area contributed by atoms with Gasteiger partial charge in [-0.25, -0.2) is 0 Å². The number of carbonyl (C=O) groups excluding carboxylic acids is 1. The minimum Gasteiger partial charge on any atom is -0.346 e. The molecule has 5 nitrogen and oxygen atoms in total. The summed E-state index contributed by atoms with van der Waals surface area (Å²) in [5, 5.41) is 4.09. The minimum absolute atomic E-state index is 0.158. The molecule has 0 aliphatic heterocycles. The molecule has 5 heteroatoms. The normalized spacial score (nSPS) is 11.5. The second-order valence-electron chi connectivity index (χ2n) is 6.19. The third-order valence-corrected chi connectivity index (χ3v) is 3.94. The van der Waals surface area contributed by atoms with Gasteiger partial charge in [-0.15, -0.1) is 0 Å². The number of likely N-dealkylation sites (N-methyl/N-ethyl adjacent to an activating group) is 1. The molecule has 0 aliphatic rings. The van der Waals surface area contributed by atoms with Crippen LogP contribution in [0.25, 0.3) is 17.0 Å². The third kappa shape index (κ3) is 4.55. The summed E-state index contributed by atoms with van der Waals surface area (Å²) < 4.78 is 2.20. The lowest BCUT2D eigenvalue weighted by molar-refractivity contribution is -0.111. The number of nitrogens with zero attached hydrogens (tertiary/aromatic N) is 3. The van der Waals surface area contributed by atoms with Crippen molar-refractivity contribution in [3.05, 3.63) is 66.6 Å². The molecular weight excluding hydrogens is 312 g/mol. The highest BCUT2D eigenvalue weighted by Gasteiger charge is 2.04. The van der Waals surface area contributed by atoms with Gasteiger partial charge in [0.15, 0.2) is 0 Å². The topological polar surface area (TPSA) is 50.2 Å². The molecule has 3 rings (SSSR count). The molecule has 0 unspecified atom stereocenters. The summed E-state index contributed by atoms with van der Waals surface area (Å²) in [5.41, 5.74) is 2.81. The Labute approximate surface area is 147 Å². The van der Waals surface area contributed by atoms with Crippen molar-refractivity contribution in [2.45, 2.75) is 6.54 Å². The maximum Gasteiger partial charge on any atom is 0.248 e. The Morgan fingerprint density at radius 3 is 2.92 bits per heavy atom. The number of fused-ring (bicyclic) bond motifs is 1. The van der Waals surface area contributed by atoms with Gasteiger partial charge in [-0.1, -0.05) is 12.1 Å². The minimum atomic E-state index is -0.158. The van der Waals surface area contributed by atoms with Gasteiger partial charge >= 0.3 is 0 Å². The highest BCUT2D eigenvalue weighted by molar-refractivity contribution is 6.02. The molecule has 2 heterocycles. The Hall–Kier alpha value is -2.92. The number of benzene rings is 1. The predicted molar refractivity (Wildman–Crippen MR) is 102 cm³/mol. The zero-order valence-corrected chi connectivity index (χ0v) is 14.5. The monoisotopic (exact) mass is 334 g/mol. The zero-order valence-electron chi connectivity index (χ0n) is 14.5. The molecule has 0 saturated heterocycles. The van der Waals surface area contributed by atoms with Crippen LogP contribution in [0.3, 0.4) is 0 Å². The number of amides is 1. The number of hydrogen-bond donors (Lipinski definition) is 1. The van der Waals surface area contributed by atoms with Crippen molar-refractivity contribution in [3.63, 3.8) is 0 Å². The van der Waals surface area contributed by atoms with Crippen LogP contribution in [-0.4, -0.2) is 41.0 Å². The SMILES string of the molecule is CN(C)CCn1ccc2ccc(NC(=O)C=Cc3cccnc3)cc21. The first-order chi connectivity index (χ1) is 12.1. The van der Waals surface area contributed by atoms with E-state index in [1.807, 2.05) is 30.3 Å². The van der Waals surface area contributed by atoms with E-state index < -0.39 is 0 Å². The summed E-state index contributed by atoms with van der Waals surface area (Å²) in [6, 6.07) is 11.8. The van der Waals surface area contributed by atoms with E-state index in [1.54, 1.807) is 18.5 Å². The molecule has 1 N–H and O–H groups in total. The summed E-state index contributed by atoms with van der Waals surface area (Å²) in [4.78, 5) is 18.3. The fourth-order valence-electron chi connectivity index (χ4n) is 2.59. The van der Waals surface area contributed by atoms with E-state index in [9.17, 15) is 4.79 Å². The molecule has 0 aliphatic carbocycles. The highest BCUT2D eigenvalue weighted by atomic mass is 16.1. The zero-order chi connectivity index (χ0) is 17.6. The fourth-order valence-corrected chi connectivity index (χ4v) is 2.59. The summed E-state index contributed by atoms with van der Waals surface area (Å²) >= 11 is 0. The average Bonchev–Trinajstić information content (AvgIpc) is 3.01. The van der Waals surface area contributed by atoms with Gasteiger partial charge in [-0.2, -0.15) is 0 Å². The van der Waals surface area contributed by atoms with Crippen molar-refractivity contribution in [2.75, 3.05) is 26.0 Å². The summed E-state index contributed by atoms with van der Waals surface area (Å²) in [7, 11) is 4.12. The van der Waals surface area contributed by atoms with Crippen molar-refractivity contribution >= 4 is 28.6 Å². The second-order valence-corrected chi connectivity index (χ2v) is 6.19. The van der Waals surface area contributed by atoms with E-state index in [0.717, 1.165) is 29.9 Å². The van der Waals surface area contributed by atoms with Gasteiger partial charge in [0.1, 0.15) is 0 Å². The summed E-state index contributed by atoms with van der Waals surface area (Å²) in [6.45, 7) is 1.88. The van der Waals surface area contributed by atoms with Crippen LogP contribution in [0.2, 0.25) is 0 Å². The van der Waals surface area contributed by atoms with Crippen molar-refractivity contribution in [1.29, 1.82) is 0 Å². The van der Waals surface area contributed by atoms with Crippen LogP contribution >= 0.6 is 0 Å². The lowest BCUT2D eigenvalue weighted by Gasteiger charge is -2.11. The molecule has 25 heavy (non-hydrogen) atoms. The third-order valence-electron chi connectivity index (χ3n) is 3.94. The molecule has 0 spiro atoms. The number of hydrogen-bond acceptors (Lipinski definition) is 3. The Kier molecular flexibility index (Phi) is 5.26. The molecule has 0 saturated carbocycles. The standard InChI is InChI=1S/C20H22N4O/c1-23(2)12-13-24-11-9-17-6-7-18(14-19(17)24)22-20(25)8-5-16-4-3-10-21-15-16/h3-11,14-15H,12-13H2,1-2H3,(H,22,25). The van der Waals surface area contributed by atoms with Gasteiger partial charge in [0, 0.05) is 43.4 Å². The number of rotatable bonds is 6. The smallest absolute Gasteiger partial charge is 0.248 e. The molecule has 1 amide bonds. The maximum absolute atomic E-state index is 12.1. The number of anilines is 1. The van der Waals surface area contributed by atoms with Crippen LogP contribution in [0.1, 0.15) is 5.56 Å². The van der Waals surface area contributed by atoms with Gasteiger partial charge in [0.25, 0.3) is 0 Å². The van der Waals surface area contributed by atoms with E-state index >= 15 is 0 Å². The largest absolute Gasteiger partial charge is 0.346 e. The van der Waals surface area contributed by atoms with Crippen LogP contribution in [0.15, 0.2) is 61.1 Å². The van der Waals surface area contributed by atoms with Gasteiger partial charge < -0.3 is 14.8 Å². The Balaban J connectivity index is 1.71. The molecular formula is C20H22N4O. The maximum atomic E-state index is 12.1.